The van der Waals surface area contributed by atoms with Crippen LogP contribution >= 0.6 is 46.4 Å². The molecular formula is C30H44Cl4N8O5. The van der Waals surface area contributed by atoms with Crippen LogP contribution in [0.4, 0.5) is 22.4 Å². The number of piperidine rings is 2. The molecule has 5 rings (SSSR count). The van der Waals surface area contributed by atoms with Crippen LogP contribution in [0.15, 0.2) is 0 Å². The van der Waals surface area contributed by atoms with E-state index in [4.69, 9.17) is 80.3 Å². The first kappa shape index (κ1) is 36.4. The smallest absolute Gasteiger partial charge is 0.407 e. The van der Waals surface area contributed by atoms with E-state index in [1.165, 1.54) is 12.8 Å². The number of ether oxygens (including phenoxy) is 4. The number of nitrogens with zero attached hydrogens (tertiary/aromatic N) is 7. The third-order valence-corrected chi connectivity index (χ3v) is 8.75. The molecule has 0 bridgehead atoms. The molecule has 1 N–H and O–H groups in total. The molecule has 5 heterocycles. The molecule has 0 saturated carbocycles. The largest absolute Gasteiger partial charge is 0.445 e. The second kappa shape index (κ2) is 18.2. The molecule has 0 aromatic carbocycles. The Bertz CT molecular complexity index is 1290. The van der Waals surface area contributed by atoms with Crippen LogP contribution in [0.25, 0.3) is 11.0 Å². The fraction of sp³-hybridized carbons (Fsp3) is 0.767. The Kier molecular flexibility index (Phi) is 14.1. The summed E-state index contributed by atoms with van der Waals surface area (Å²) in [4.78, 5) is 38.1. The number of alkyl halides is 3. The molecule has 3 saturated heterocycles. The van der Waals surface area contributed by atoms with E-state index in [-0.39, 0.29) is 31.3 Å². The molecule has 47 heavy (non-hydrogen) atoms. The molecule has 17 heteroatoms. The number of fused-ring (bicyclic) bond motifs is 1. The normalized spacial score (nSPS) is 19.2. The van der Waals surface area contributed by atoms with E-state index in [2.05, 4.69) is 25.0 Å². The van der Waals surface area contributed by atoms with Gasteiger partial charge in [0.15, 0.2) is 17.9 Å². The predicted octanol–water partition coefficient (Wildman–Crippen LogP) is 5.52. The Hall–Kier alpha value is -1.87. The fourth-order valence-corrected chi connectivity index (χ4v) is 6.22. The van der Waals surface area contributed by atoms with Crippen LogP contribution in [0, 0.1) is 0 Å². The number of rotatable bonds is 14. The molecule has 0 spiro atoms. The van der Waals surface area contributed by atoms with Gasteiger partial charge in [0, 0.05) is 52.4 Å². The molecule has 1 unspecified atom stereocenters. The van der Waals surface area contributed by atoms with Crippen molar-refractivity contribution in [3.63, 3.8) is 0 Å². The molecule has 13 nitrogen and oxygen atoms in total. The molecule has 1 amide bonds. The molecular weight excluding hydrogens is 694 g/mol. The van der Waals surface area contributed by atoms with Gasteiger partial charge in [-0.05, 0) is 69.4 Å². The summed E-state index contributed by atoms with van der Waals surface area (Å²) >= 11 is 23.4. The lowest BCUT2D eigenvalue weighted by atomic mass is 10.1. The van der Waals surface area contributed by atoms with Crippen LogP contribution in [-0.4, -0.2) is 115 Å². The molecule has 0 aliphatic carbocycles. The van der Waals surface area contributed by atoms with Crippen molar-refractivity contribution in [2.45, 2.75) is 67.9 Å². The average molecular weight is 739 g/mol. The van der Waals surface area contributed by atoms with Crippen molar-refractivity contribution in [1.29, 1.82) is 0 Å². The topological polar surface area (TPSA) is 127 Å². The van der Waals surface area contributed by atoms with Crippen molar-refractivity contribution in [2.75, 3.05) is 93.5 Å². The van der Waals surface area contributed by atoms with Crippen LogP contribution in [0.2, 0.25) is 5.28 Å². The minimum atomic E-state index is -1.67. The van der Waals surface area contributed by atoms with Gasteiger partial charge in [0.1, 0.15) is 17.6 Å². The van der Waals surface area contributed by atoms with Crippen molar-refractivity contribution in [3.05, 3.63) is 5.28 Å². The summed E-state index contributed by atoms with van der Waals surface area (Å²) in [6, 6.07) is 0. The van der Waals surface area contributed by atoms with Crippen LogP contribution < -0.4 is 20.0 Å². The Morgan fingerprint density at radius 2 is 1.51 bits per heavy atom. The van der Waals surface area contributed by atoms with E-state index >= 15 is 0 Å². The van der Waals surface area contributed by atoms with E-state index in [0.717, 1.165) is 82.8 Å². The average Bonchev–Trinajstić information content (AvgIpc) is 3.08. The van der Waals surface area contributed by atoms with Crippen LogP contribution in [0.3, 0.4) is 0 Å². The number of alkyl carbamates (subject to hydrolysis) is 1. The van der Waals surface area contributed by atoms with Gasteiger partial charge in [-0.1, -0.05) is 34.8 Å². The van der Waals surface area contributed by atoms with Crippen LogP contribution in [-0.2, 0) is 18.9 Å². The van der Waals surface area contributed by atoms with E-state index in [1.54, 1.807) is 0 Å². The molecule has 3 fully saturated rings. The first-order valence-corrected chi connectivity index (χ1v) is 18.1. The highest BCUT2D eigenvalue weighted by Gasteiger charge is 2.26. The van der Waals surface area contributed by atoms with E-state index < -0.39 is 9.89 Å². The zero-order chi connectivity index (χ0) is 33.1. The SMILES string of the molecule is O=C(NCCOCCN(CCOC1CCCCO1)c1nc(N2CCCCC2)c2nc(Cl)nc(N3CCCCC3)c2n1)OCC(Cl)(Cl)Cl. The van der Waals surface area contributed by atoms with Gasteiger partial charge in [-0.25, -0.2) is 14.8 Å². The monoisotopic (exact) mass is 736 g/mol. The third kappa shape index (κ3) is 11.3. The van der Waals surface area contributed by atoms with Gasteiger partial charge in [0.25, 0.3) is 0 Å². The number of nitrogens with one attached hydrogen (secondary N) is 1. The lowest BCUT2D eigenvalue weighted by Crippen LogP contribution is -2.36. The molecule has 0 radical (unpaired) electrons. The fourth-order valence-electron chi connectivity index (χ4n) is 5.89. The summed E-state index contributed by atoms with van der Waals surface area (Å²) in [5.41, 5.74) is 1.37. The maximum absolute atomic E-state index is 11.9. The first-order valence-electron chi connectivity index (χ1n) is 16.6. The number of aromatic nitrogens is 4. The highest BCUT2D eigenvalue weighted by atomic mass is 35.6. The number of carbonyl (C=O) groups is 1. The van der Waals surface area contributed by atoms with Crippen molar-refractivity contribution >= 4 is 81.1 Å². The highest BCUT2D eigenvalue weighted by Crippen LogP contribution is 2.34. The summed E-state index contributed by atoms with van der Waals surface area (Å²) in [6.07, 6.45) is 8.83. The molecule has 1 atom stereocenters. The lowest BCUT2D eigenvalue weighted by Gasteiger charge is -2.32. The van der Waals surface area contributed by atoms with Gasteiger partial charge in [-0.2, -0.15) is 9.97 Å². The minimum absolute atomic E-state index is 0.198. The number of hydrogen-bond donors (Lipinski definition) is 1. The van der Waals surface area contributed by atoms with Crippen molar-refractivity contribution in [2.24, 2.45) is 0 Å². The number of amides is 1. The second-order valence-corrected chi connectivity index (χ2v) is 14.7. The summed E-state index contributed by atoms with van der Waals surface area (Å²) in [5.74, 6) is 2.07. The summed E-state index contributed by atoms with van der Waals surface area (Å²) in [5, 5.41) is 2.78. The van der Waals surface area contributed by atoms with E-state index in [1.807, 2.05) is 0 Å². The van der Waals surface area contributed by atoms with Crippen molar-refractivity contribution in [1.82, 2.24) is 25.3 Å². The number of hydrogen-bond acceptors (Lipinski definition) is 12. The van der Waals surface area contributed by atoms with Crippen LogP contribution in [0.5, 0.6) is 0 Å². The summed E-state index contributed by atoms with van der Waals surface area (Å²) < 4.78 is 21.0. The van der Waals surface area contributed by atoms with Gasteiger partial charge in [-0.15, -0.1) is 0 Å². The van der Waals surface area contributed by atoms with Crippen molar-refractivity contribution in [3.8, 4) is 0 Å². The van der Waals surface area contributed by atoms with E-state index in [0.29, 0.717) is 49.9 Å². The number of carbonyl (C=O) groups excluding carboxylic acids is 1. The van der Waals surface area contributed by atoms with Gasteiger partial charge in [-0.3, -0.25) is 0 Å². The molecule has 2 aromatic heterocycles. The Labute approximate surface area is 295 Å². The van der Waals surface area contributed by atoms with Crippen LogP contribution in [0.1, 0.15) is 57.8 Å². The molecule has 3 aliphatic heterocycles. The molecule has 262 valence electrons. The standard InChI is InChI=1S/C30H44Cl4N8O5/c31-27-36-23-24(25(38-27)40-11-4-1-5-12-40)37-28(39-26(23)41-13-6-2-7-14-41)42(16-20-46-22-9-3-8-17-45-22)15-19-44-18-10-35-29(43)47-21-30(32,33)34/h22H,1-21H2,(H,35,43). The van der Waals surface area contributed by atoms with Crippen molar-refractivity contribution < 1.29 is 23.7 Å². The number of anilines is 3. The third-order valence-electron chi connectivity index (χ3n) is 8.25. The van der Waals surface area contributed by atoms with Gasteiger partial charge in [0.05, 0.1) is 19.8 Å². The highest BCUT2D eigenvalue weighted by molar-refractivity contribution is 6.67. The molecule has 2 aromatic rings. The molecule has 3 aliphatic rings. The Balaban J connectivity index is 1.34. The zero-order valence-electron chi connectivity index (χ0n) is 26.6. The summed E-state index contributed by atoms with van der Waals surface area (Å²) in [7, 11) is 0. The first-order chi connectivity index (χ1) is 22.8. The Morgan fingerprint density at radius 1 is 0.851 bits per heavy atom. The maximum atomic E-state index is 11.9. The van der Waals surface area contributed by atoms with Gasteiger partial charge in [0.2, 0.25) is 15.0 Å². The summed E-state index contributed by atoms with van der Waals surface area (Å²) in [6.45, 7) is 6.16. The lowest BCUT2D eigenvalue weighted by molar-refractivity contribution is -0.160. The zero-order valence-corrected chi connectivity index (χ0v) is 29.6. The van der Waals surface area contributed by atoms with E-state index in [9.17, 15) is 4.79 Å². The minimum Gasteiger partial charge on any atom is -0.445 e. The maximum Gasteiger partial charge on any atom is 0.407 e. The Morgan fingerprint density at radius 3 is 2.17 bits per heavy atom. The second-order valence-electron chi connectivity index (χ2n) is 11.8. The van der Waals surface area contributed by atoms with Gasteiger partial charge >= 0.3 is 6.09 Å². The predicted molar refractivity (Wildman–Crippen MR) is 184 cm³/mol. The quantitative estimate of drug-likeness (QED) is 0.149. The number of halogens is 4. The van der Waals surface area contributed by atoms with Gasteiger partial charge < -0.3 is 39.0 Å².